The van der Waals surface area contributed by atoms with Crippen molar-refractivity contribution in [3.63, 3.8) is 0 Å². The van der Waals surface area contributed by atoms with Gasteiger partial charge >= 0.3 is 0 Å². The smallest absolute Gasteiger partial charge is 0.0542 e. The Kier molecular flexibility index (Phi) is 4.50. The monoisotopic (exact) mass is 448 g/mol. The van der Waals surface area contributed by atoms with Crippen molar-refractivity contribution in [2.45, 2.75) is 27.7 Å². The first-order chi connectivity index (χ1) is 15.4. The van der Waals surface area contributed by atoms with E-state index in [0.717, 1.165) is 0 Å². The summed E-state index contributed by atoms with van der Waals surface area (Å²) in [6, 6.07) is 27.6. The molecule has 0 atom stereocenters. The predicted octanol–water partition coefficient (Wildman–Crippen LogP) is 9.84. The lowest BCUT2D eigenvalue weighted by Gasteiger charge is -2.06. The van der Waals surface area contributed by atoms with E-state index in [-0.39, 0.29) is 0 Å². The number of hydrogen-bond acceptors (Lipinski definition) is 2. The molecule has 32 heavy (non-hydrogen) atoms. The fourth-order valence-corrected chi connectivity index (χ4v) is 7.63. The van der Waals surface area contributed by atoms with Gasteiger partial charge in [-0.25, -0.2) is 0 Å². The van der Waals surface area contributed by atoms with Crippen LogP contribution >= 0.6 is 22.7 Å². The third-order valence-corrected chi connectivity index (χ3v) is 8.69. The first-order valence-corrected chi connectivity index (χ1v) is 12.6. The molecule has 0 saturated carbocycles. The molecular weight excluding hydrogens is 424 g/mol. The Hall–Kier alpha value is -2.94. The number of benzene rings is 4. The Bertz CT molecular complexity index is 1490. The van der Waals surface area contributed by atoms with Gasteiger partial charge in [0, 0.05) is 20.2 Å². The van der Waals surface area contributed by atoms with E-state index >= 15 is 0 Å². The van der Waals surface area contributed by atoms with Crippen molar-refractivity contribution in [2.75, 3.05) is 0 Å². The maximum absolute atomic E-state index is 2.37. The molecule has 0 saturated heterocycles. The summed E-state index contributed by atoms with van der Waals surface area (Å²) < 4.78 is 5.60. The summed E-state index contributed by atoms with van der Waals surface area (Å²) in [5.41, 5.74) is 10.5. The highest BCUT2D eigenvalue weighted by Gasteiger charge is 2.14. The molecule has 2 heteroatoms. The van der Waals surface area contributed by atoms with Gasteiger partial charge in [-0.15, -0.1) is 22.7 Å². The normalized spacial score (nSPS) is 11.8. The van der Waals surface area contributed by atoms with Crippen molar-refractivity contribution in [3.8, 4) is 22.3 Å². The summed E-state index contributed by atoms with van der Waals surface area (Å²) in [5.74, 6) is 0. The summed E-state index contributed by atoms with van der Waals surface area (Å²) in [7, 11) is 0. The van der Waals surface area contributed by atoms with Crippen LogP contribution in [0.2, 0.25) is 0 Å². The van der Waals surface area contributed by atoms with E-state index in [1.165, 1.54) is 74.1 Å². The lowest BCUT2D eigenvalue weighted by atomic mass is 10.00. The molecule has 6 rings (SSSR count). The van der Waals surface area contributed by atoms with Crippen LogP contribution in [0.25, 0.3) is 51.8 Å². The van der Waals surface area contributed by atoms with E-state index in [9.17, 15) is 0 Å². The van der Waals surface area contributed by atoms with Crippen molar-refractivity contribution < 1.29 is 0 Å². The predicted molar refractivity (Wildman–Crippen MR) is 145 cm³/mol. The van der Waals surface area contributed by atoms with Crippen molar-refractivity contribution in [2.24, 2.45) is 0 Å². The van der Waals surface area contributed by atoms with Gasteiger partial charge in [-0.05, 0) is 62.1 Å². The summed E-state index contributed by atoms with van der Waals surface area (Å²) in [6.07, 6.45) is 0. The van der Waals surface area contributed by atoms with E-state index in [1.54, 1.807) is 0 Å². The molecule has 0 unspecified atom stereocenters. The molecule has 0 fully saturated rings. The van der Waals surface area contributed by atoms with Gasteiger partial charge in [0.25, 0.3) is 0 Å². The number of hydrogen-bond donors (Lipinski definition) is 0. The van der Waals surface area contributed by atoms with Gasteiger partial charge in [-0.3, -0.25) is 0 Å². The largest absolute Gasteiger partial charge is 0.134 e. The Balaban J connectivity index is 1.49. The van der Waals surface area contributed by atoms with E-state index in [2.05, 4.69) is 100 Å². The van der Waals surface area contributed by atoms with Crippen molar-refractivity contribution in [3.05, 3.63) is 95.1 Å². The second-order valence-electron chi connectivity index (χ2n) is 9.04. The minimum Gasteiger partial charge on any atom is -0.134 e. The molecule has 6 aromatic rings. The van der Waals surface area contributed by atoms with Gasteiger partial charge in [0.1, 0.15) is 0 Å². The topological polar surface area (TPSA) is 0 Å². The summed E-state index contributed by atoms with van der Waals surface area (Å²) in [6.45, 7) is 8.70. The second-order valence-corrected chi connectivity index (χ2v) is 11.1. The van der Waals surface area contributed by atoms with E-state index in [1.807, 2.05) is 22.7 Å². The summed E-state index contributed by atoms with van der Waals surface area (Å²) in [5, 5.41) is 2.76. The SMILES string of the molecule is Cc1cc(C)cc(-c2ccc3c(c2)sc2c4ccc(-c5cc(C)cc(C)c5)cc4sc32)c1. The second kappa shape index (κ2) is 7.30. The fourth-order valence-electron chi connectivity index (χ4n) is 4.90. The van der Waals surface area contributed by atoms with Gasteiger partial charge in [0.2, 0.25) is 0 Å². The summed E-state index contributed by atoms with van der Waals surface area (Å²) in [4.78, 5) is 0. The molecule has 0 N–H and O–H groups in total. The van der Waals surface area contributed by atoms with Crippen LogP contribution in [-0.2, 0) is 0 Å². The number of aryl methyl sites for hydroxylation is 4. The molecule has 156 valence electrons. The van der Waals surface area contributed by atoms with Crippen LogP contribution in [0.5, 0.6) is 0 Å². The highest BCUT2D eigenvalue weighted by molar-refractivity contribution is 7.36. The molecule has 0 spiro atoms. The Morgan fingerprint density at radius 1 is 0.406 bits per heavy atom. The first kappa shape index (κ1) is 19.7. The lowest BCUT2D eigenvalue weighted by Crippen LogP contribution is -1.82. The quantitative estimate of drug-likeness (QED) is 0.247. The van der Waals surface area contributed by atoms with Crippen LogP contribution in [0, 0.1) is 27.7 Å². The van der Waals surface area contributed by atoms with Crippen LogP contribution in [0.1, 0.15) is 22.3 Å². The number of thiophene rings is 2. The van der Waals surface area contributed by atoms with Crippen molar-refractivity contribution in [1.29, 1.82) is 0 Å². The molecule has 0 aliphatic carbocycles. The maximum atomic E-state index is 2.37. The van der Waals surface area contributed by atoms with Gasteiger partial charge in [0.15, 0.2) is 0 Å². The zero-order chi connectivity index (χ0) is 22.0. The molecule has 0 amide bonds. The fraction of sp³-hybridized carbons (Fsp3) is 0.133. The molecule has 0 nitrogen and oxygen atoms in total. The van der Waals surface area contributed by atoms with Crippen molar-refractivity contribution in [1.82, 2.24) is 0 Å². The minimum absolute atomic E-state index is 1.31. The highest BCUT2D eigenvalue weighted by Crippen LogP contribution is 2.46. The maximum Gasteiger partial charge on any atom is 0.0542 e. The number of rotatable bonds is 2. The van der Waals surface area contributed by atoms with E-state index < -0.39 is 0 Å². The molecule has 0 aliphatic rings. The Morgan fingerprint density at radius 2 is 0.781 bits per heavy atom. The molecule has 0 bridgehead atoms. The van der Waals surface area contributed by atoms with E-state index in [0.29, 0.717) is 0 Å². The zero-order valence-corrected chi connectivity index (χ0v) is 20.4. The van der Waals surface area contributed by atoms with Crippen LogP contribution in [0.4, 0.5) is 0 Å². The van der Waals surface area contributed by atoms with Gasteiger partial charge < -0.3 is 0 Å². The third kappa shape index (κ3) is 3.26. The number of fused-ring (bicyclic) bond motifs is 5. The summed E-state index contributed by atoms with van der Waals surface area (Å²) >= 11 is 3.86. The van der Waals surface area contributed by atoms with Gasteiger partial charge in [-0.1, -0.05) is 82.9 Å². The molecule has 2 heterocycles. The zero-order valence-electron chi connectivity index (χ0n) is 18.7. The van der Waals surface area contributed by atoms with Crippen molar-refractivity contribution >= 4 is 52.2 Å². The van der Waals surface area contributed by atoms with Gasteiger partial charge in [0.05, 0.1) is 9.40 Å². The first-order valence-electron chi connectivity index (χ1n) is 11.0. The van der Waals surface area contributed by atoms with Gasteiger partial charge in [-0.2, -0.15) is 0 Å². The minimum atomic E-state index is 1.31. The average Bonchev–Trinajstić information content (AvgIpc) is 3.27. The molecule has 0 radical (unpaired) electrons. The molecular formula is C30H24S2. The molecule has 0 aliphatic heterocycles. The molecule has 2 aromatic heterocycles. The van der Waals surface area contributed by atoms with Crippen LogP contribution in [-0.4, -0.2) is 0 Å². The third-order valence-electron chi connectivity index (χ3n) is 6.19. The average molecular weight is 449 g/mol. The Labute approximate surface area is 196 Å². The van der Waals surface area contributed by atoms with Crippen LogP contribution in [0.3, 0.4) is 0 Å². The van der Waals surface area contributed by atoms with Crippen LogP contribution in [0.15, 0.2) is 72.8 Å². The molecule has 4 aromatic carbocycles. The van der Waals surface area contributed by atoms with E-state index in [4.69, 9.17) is 0 Å². The van der Waals surface area contributed by atoms with Crippen LogP contribution < -0.4 is 0 Å². The Morgan fingerprint density at radius 3 is 1.16 bits per heavy atom. The highest BCUT2D eigenvalue weighted by atomic mass is 32.1. The standard InChI is InChI=1S/C30H24S2/c1-17-9-18(2)12-23(11-17)21-5-7-25-27(15-21)31-30-26-8-6-22(16-28(26)32-29(25)30)24-13-19(3)10-20(4)14-24/h5-16H,1-4H3. The lowest BCUT2D eigenvalue weighted by molar-refractivity contribution is 1.38.